The lowest BCUT2D eigenvalue weighted by atomic mass is 10.1. The summed E-state index contributed by atoms with van der Waals surface area (Å²) in [5, 5.41) is 0.228. The van der Waals surface area contributed by atoms with E-state index in [1.54, 1.807) is 12.1 Å². The molecule has 0 aliphatic rings. The van der Waals surface area contributed by atoms with E-state index in [-0.39, 0.29) is 22.7 Å². The second-order valence-corrected chi connectivity index (χ2v) is 5.81. The van der Waals surface area contributed by atoms with Crippen LogP contribution in [0.4, 0.5) is 8.78 Å². The number of benzene rings is 2. The Morgan fingerprint density at radius 1 is 1.24 bits per heavy atom. The third kappa shape index (κ3) is 3.60. The minimum atomic E-state index is -0.638. The van der Waals surface area contributed by atoms with E-state index in [2.05, 4.69) is 15.9 Å². The van der Waals surface area contributed by atoms with Crippen LogP contribution in [-0.4, -0.2) is 17.9 Å². The van der Waals surface area contributed by atoms with Crippen molar-refractivity contribution in [3.05, 3.63) is 68.7 Å². The monoisotopic (exact) mass is 373 g/mol. The van der Waals surface area contributed by atoms with Gasteiger partial charge in [-0.3, -0.25) is 4.79 Å². The number of halogens is 4. The molecule has 0 aliphatic heterocycles. The number of rotatable bonds is 3. The van der Waals surface area contributed by atoms with Gasteiger partial charge in [0, 0.05) is 28.7 Å². The number of hydrogen-bond acceptors (Lipinski definition) is 1. The van der Waals surface area contributed by atoms with Crippen molar-refractivity contribution in [2.45, 2.75) is 6.54 Å². The van der Waals surface area contributed by atoms with Crippen molar-refractivity contribution < 1.29 is 13.6 Å². The fourth-order valence-electron chi connectivity index (χ4n) is 1.86. The molecule has 0 spiro atoms. The molecule has 0 fully saturated rings. The maximum Gasteiger partial charge on any atom is 0.256 e. The van der Waals surface area contributed by atoms with Gasteiger partial charge in [-0.15, -0.1) is 0 Å². The van der Waals surface area contributed by atoms with Crippen LogP contribution in [0.15, 0.2) is 40.9 Å². The van der Waals surface area contributed by atoms with E-state index in [0.717, 1.165) is 0 Å². The van der Waals surface area contributed by atoms with E-state index in [9.17, 15) is 13.6 Å². The van der Waals surface area contributed by atoms with Gasteiger partial charge in [-0.1, -0.05) is 33.6 Å². The summed E-state index contributed by atoms with van der Waals surface area (Å²) in [4.78, 5) is 13.4. The van der Waals surface area contributed by atoms with Gasteiger partial charge in [0.1, 0.15) is 11.6 Å². The van der Waals surface area contributed by atoms with Gasteiger partial charge in [-0.05, 0) is 30.3 Å². The van der Waals surface area contributed by atoms with E-state index in [0.29, 0.717) is 4.47 Å². The molecule has 1 amide bonds. The lowest BCUT2D eigenvalue weighted by Crippen LogP contribution is -2.27. The summed E-state index contributed by atoms with van der Waals surface area (Å²) < 4.78 is 28.0. The Morgan fingerprint density at radius 3 is 2.57 bits per heavy atom. The van der Waals surface area contributed by atoms with Crippen LogP contribution in [0.1, 0.15) is 15.9 Å². The molecule has 2 nitrogen and oxygen atoms in total. The van der Waals surface area contributed by atoms with Crippen LogP contribution < -0.4 is 0 Å². The largest absolute Gasteiger partial charge is 0.337 e. The van der Waals surface area contributed by atoms with Gasteiger partial charge in [0.05, 0.1) is 5.56 Å². The van der Waals surface area contributed by atoms with Crippen LogP contribution in [0.5, 0.6) is 0 Å². The Balaban J connectivity index is 2.24. The van der Waals surface area contributed by atoms with Crippen LogP contribution in [-0.2, 0) is 6.54 Å². The zero-order chi connectivity index (χ0) is 15.6. The van der Waals surface area contributed by atoms with Crippen molar-refractivity contribution in [2.24, 2.45) is 0 Å². The molecule has 0 bridgehead atoms. The average molecular weight is 375 g/mol. The summed E-state index contributed by atoms with van der Waals surface area (Å²) in [5.74, 6) is -1.68. The number of amides is 1. The summed E-state index contributed by atoms with van der Waals surface area (Å²) in [5.41, 5.74) is 0.126. The Kier molecular flexibility index (Phi) is 4.96. The molecule has 2 rings (SSSR count). The summed E-state index contributed by atoms with van der Waals surface area (Å²) in [6.45, 7) is -0.0418. The van der Waals surface area contributed by atoms with Gasteiger partial charge in [0.25, 0.3) is 5.91 Å². The second kappa shape index (κ2) is 6.54. The average Bonchev–Trinajstić information content (AvgIpc) is 2.42. The summed E-state index contributed by atoms with van der Waals surface area (Å²) >= 11 is 9.04. The van der Waals surface area contributed by atoms with Crippen LogP contribution >= 0.6 is 27.5 Å². The molecule has 2 aromatic rings. The maximum atomic E-state index is 13.8. The molecule has 0 saturated carbocycles. The van der Waals surface area contributed by atoms with Crippen molar-refractivity contribution in [1.82, 2.24) is 4.90 Å². The van der Waals surface area contributed by atoms with E-state index >= 15 is 0 Å². The first kappa shape index (κ1) is 15.9. The van der Waals surface area contributed by atoms with Gasteiger partial charge in [-0.2, -0.15) is 0 Å². The standard InChI is InChI=1S/C15H11BrClF2NO/c1-20(8-11-12(17)3-2-4-13(11)18)15(21)10-6-5-9(16)7-14(10)19/h2-7H,8H2,1H3. The molecule has 0 saturated heterocycles. The molecule has 2 aromatic carbocycles. The number of hydrogen-bond donors (Lipinski definition) is 0. The molecular weight excluding hydrogens is 364 g/mol. The molecule has 0 aliphatic carbocycles. The summed E-state index contributed by atoms with van der Waals surface area (Å²) in [6, 6.07) is 8.44. The Bertz CT molecular complexity index is 673. The molecule has 0 N–H and O–H groups in total. The molecule has 0 aromatic heterocycles. The Labute approximate surface area is 134 Å². The van der Waals surface area contributed by atoms with Gasteiger partial charge in [-0.25, -0.2) is 8.78 Å². The quantitative estimate of drug-likeness (QED) is 0.765. The molecule has 0 heterocycles. The Hall–Kier alpha value is -1.46. The van der Waals surface area contributed by atoms with E-state index in [1.807, 2.05) is 0 Å². The molecule has 21 heavy (non-hydrogen) atoms. The highest BCUT2D eigenvalue weighted by atomic mass is 79.9. The van der Waals surface area contributed by atoms with E-state index in [4.69, 9.17) is 11.6 Å². The van der Waals surface area contributed by atoms with Crippen molar-refractivity contribution >= 4 is 33.4 Å². The van der Waals surface area contributed by atoms with Gasteiger partial charge in [0.2, 0.25) is 0 Å². The zero-order valence-electron chi connectivity index (χ0n) is 11.0. The Morgan fingerprint density at radius 2 is 1.95 bits per heavy atom. The third-order valence-electron chi connectivity index (χ3n) is 2.97. The minimum Gasteiger partial charge on any atom is -0.337 e. The van der Waals surface area contributed by atoms with Crippen molar-refractivity contribution in [3.8, 4) is 0 Å². The lowest BCUT2D eigenvalue weighted by Gasteiger charge is -2.19. The summed E-state index contributed by atoms with van der Waals surface area (Å²) in [7, 11) is 1.46. The predicted molar refractivity (Wildman–Crippen MR) is 81.3 cm³/mol. The van der Waals surface area contributed by atoms with Crippen molar-refractivity contribution in [2.75, 3.05) is 7.05 Å². The van der Waals surface area contributed by atoms with Gasteiger partial charge in [0.15, 0.2) is 0 Å². The first-order valence-electron chi connectivity index (χ1n) is 6.03. The number of carbonyl (C=O) groups is 1. The van der Waals surface area contributed by atoms with Crippen LogP contribution in [0.25, 0.3) is 0 Å². The van der Waals surface area contributed by atoms with Crippen LogP contribution in [0, 0.1) is 11.6 Å². The highest BCUT2D eigenvalue weighted by molar-refractivity contribution is 9.10. The lowest BCUT2D eigenvalue weighted by molar-refractivity contribution is 0.0779. The first-order chi connectivity index (χ1) is 9.90. The molecule has 110 valence electrons. The second-order valence-electron chi connectivity index (χ2n) is 4.49. The van der Waals surface area contributed by atoms with Crippen molar-refractivity contribution in [1.29, 1.82) is 0 Å². The SMILES string of the molecule is CN(Cc1c(F)cccc1Cl)C(=O)c1ccc(Br)cc1F. The summed E-state index contributed by atoms with van der Waals surface area (Å²) in [6.07, 6.45) is 0. The normalized spacial score (nSPS) is 10.5. The molecule has 6 heteroatoms. The number of carbonyl (C=O) groups excluding carboxylic acids is 1. The van der Waals surface area contributed by atoms with Crippen molar-refractivity contribution in [3.63, 3.8) is 0 Å². The minimum absolute atomic E-state index is 0.0418. The van der Waals surface area contributed by atoms with Crippen LogP contribution in [0.2, 0.25) is 5.02 Å². The topological polar surface area (TPSA) is 20.3 Å². The highest BCUT2D eigenvalue weighted by Crippen LogP contribution is 2.22. The molecule has 0 unspecified atom stereocenters. The molecule has 0 atom stereocenters. The third-order valence-corrected chi connectivity index (χ3v) is 3.81. The fourth-order valence-corrected chi connectivity index (χ4v) is 2.42. The molecule has 0 radical (unpaired) electrons. The number of nitrogens with zero attached hydrogens (tertiary/aromatic N) is 1. The smallest absolute Gasteiger partial charge is 0.256 e. The van der Waals surface area contributed by atoms with Gasteiger partial charge < -0.3 is 4.90 Å². The fraction of sp³-hybridized carbons (Fsp3) is 0.133. The molecular formula is C15H11BrClF2NO. The van der Waals surface area contributed by atoms with Crippen LogP contribution in [0.3, 0.4) is 0 Å². The van der Waals surface area contributed by atoms with E-state index < -0.39 is 17.5 Å². The zero-order valence-corrected chi connectivity index (χ0v) is 13.4. The predicted octanol–water partition coefficient (Wildman–Crippen LogP) is 4.65. The van der Waals surface area contributed by atoms with Gasteiger partial charge >= 0.3 is 0 Å². The highest BCUT2D eigenvalue weighted by Gasteiger charge is 2.18. The van der Waals surface area contributed by atoms with E-state index in [1.165, 1.54) is 36.2 Å². The first-order valence-corrected chi connectivity index (χ1v) is 7.20. The maximum absolute atomic E-state index is 13.8.